The molecule has 0 saturated carbocycles. The van der Waals surface area contributed by atoms with E-state index in [9.17, 15) is 13.2 Å². The van der Waals surface area contributed by atoms with Crippen molar-refractivity contribution in [3.63, 3.8) is 0 Å². The summed E-state index contributed by atoms with van der Waals surface area (Å²) in [6.45, 7) is 5.56. The smallest absolute Gasteiger partial charge is 0.264 e. The Labute approximate surface area is 184 Å². The van der Waals surface area contributed by atoms with Crippen LogP contribution in [0.15, 0.2) is 83.8 Å². The second kappa shape index (κ2) is 9.79. The second-order valence-corrected chi connectivity index (χ2v) is 9.41. The van der Waals surface area contributed by atoms with E-state index in [1.165, 1.54) is 17.7 Å². The summed E-state index contributed by atoms with van der Waals surface area (Å²) in [5.74, 6) is -0.368. The van der Waals surface area contributed by atoms with Crippen molar-refractivity contribution in [2.24, 2.45) is 0 Å². The third-order valence-corrected chi connectivity index (χ3v) is 6.96. The number of benzene rings is 3. The number of amides is 1. The average molecular weight is 437 g/mol. The van der Waals surface area contributed by atoms with E-state index < -0.39 is 10.0 Å². The van der Waals surface area contributed by atoms with Gasteiger partial charge in [-0.25, -0.2) is 8.42 Å². The van der Waals surface area contributed by atoms with Crippen LogP contribution >= 0.6 is 0 Å². The van der Waals surface area contributed by atoms with Gasteiger partial charge in [-0.05, 0) is 61.2 Å². The number of nitrogens with one attached hydrogen (secondary N) is 1. The molecule has 3 rings (SSSR count). The molecule has 3 aromatic rings. The lowest BCUT2D eigenvalue weighted by Crippen LogP contribution is -2.41. The first-order chi connectivity index (χ1) is 14.8. The van der Waals surface area contributed by atoms with Crippen molar-refractivity contribution < 1.29 is 13.2 Å². The number of anilines is 1. The molecule has 0 heterocycles. The predicted octanol–water partition coefficient (Wildman–Crippen LogP) is 4.63. The van der Waals surface area contributed by atoms with Crippen LogP contribution < -0.4 is 9.62 Å². The highest BCUT2D eigenvalue weighted by molar-refractivity contribution is 7.92. The molecular weight excluding hydrogens is 408 g/mol. The van der Waals surface area contributed by atoms with Gasteiger partial charge < -0.3 is 5.32 Å². The third kappa shape index (κ3) is 5.52. The number of aryl methyl sites for hydroxylation is 2. The van der Waals surface area contributed by atoms with Crippen LogP contribution in [0.25, 0.3) is 0 Å². The average Bonchev–Trinajstić information content (AvgIpc) is 2.78. The maximum Gasteiger partial charge on any atom is 0.264 e. The highest BCUT2D eigenvalue weighted by atomic mass is 32.2. The van der Waals surface area contributed by atoms with Crippen molar-refractivity contribution in [1.29, 1.82) is 0 Å². The molecule has 0 bridgehead atoms. The monoisotopic (exact) mass is 436 g/mol. The van der Waals surface area contributed by atoms with Crippen LogP contribution in [-0.4, -0.2) is 20.9 Å². The largest absolute Gasteiger partial charge is 0.348 e. The van der Waals surface area contributed by atoms with E-state index in [2.05, 4.69) is 12.2 Å². The molecule has 162 valence electrons. The number of nitrogens with zero attached hydrogens (tertiary/aromatic N) is 1. The van der Waals surface area contributed by atoms with E-state index in [1.807, 2.05) is 44.2 Å². The molecule has 0 radical (unpaired) electrons. The lowest BCUT2D eigenvalue weighted by Gasteiger charge is -2.25. The second-order valence-electron chi connectivity index (χ2n) is 7.55. The minimum Gasteiger partial charge on any atom is -0.348 e. The molecule has 1 unspecified atom stereocenters. The highest BCUT2D eigenvalue weighted by Crippen LogP contribution is 2.24. The van der Waals surface area contributed by atoms with Gasteiger partial charge in [0.05, 0.1) is 16.6 Å². The summed E-state index contributed by atoms with van der Waals surface area (Å²) in [5.41, 5.74) is 3.56. The maximum atomic E-state index is 13.4. The molecule has 0 fully saturated rings. The summed E-state index contributed by atoms with van der Waals surface area (Å²) in [6.07, 6.45) is 0.948. The molecule has 0 spiro atoms. The molecule has 3 aromatic carbocycles. The highest BCUT2D eigenvalue weighted by Gasteiger charge is 2.27. The van der Waals surface area contributed by atoms with Gasteiger partial charge in [-0.1, -0.05) is 61.5 Å². The van der Waals surface area contributed by atoms with Crippen LogP contribution in [0.2, 0.25) is 0 Å². The summed E-state index contributed by atoms with van der Waals surface area (Å²) in [7, 11) is -3.90. The van der Waals surface area contributed by atoms with E-state index >= 15 is 0 Å². The Bertz CT molecular complexity index is 1130. The summed E-state index contributed by atoms with van der Waals surface area (Å²) >= 11 is 0. The van der Waals surface area contributed by atoms with Gasteiger partial charge >= 0.3 is 0 Å². The predicted molar refractivity (Wildman–Crippen MR) is 125 cm³/mol. The molecule has 0 aliphatic carbocycles. The van der Waals surface area contributed by atoms with Crippen LogP contribution in [0.4, 0.5) is 5.69 Å². The molecular formula is C25H28N2O3S. The van der Waals surface area contributed by atoms with E-state index in [0.717, 1.165) is 21.9 Å². The van der Waals surface area contributed by atoms with Gasteiger partial charge in [-0.2, -0.15) is 0 Å². The molecule has 0 saturated heterocycles. The molecule has 0 aliphatic rings. The van der Waals surface area contributed by atoms with Gasteiger partial charge in [0, 0.05) is 0 Å². The van der Waals surface area contributed by atoms with Gasteiger partial charge in [0.15, 0.2) is 0 Å². The number of hydrogen-bond acceptors (Lipinski definition) is 3. The van der Waals surface area contributed by atoms with E-state index in [4.69, 9.17) is 0 Å². The fourth-order valence-corrected chi connectivity index (χ4v) is 4.79. The Morgan fingerprint density at radius 2 is 1.65 bits per heavy atom. The molecule has 1 N–H and O–H groups in total. The number of carbonyl (C=O) groups excluding carboxylic acids is 1. The molecule has 5 nitrogen and oxygen atoms in total. The van der Waals surface area contributed by atoms with E-state index in [0.29, 0.717) is 5.69 Å². The Hall–Kier alpha value is -3.12. The number of carbonyl (C=O) groups is 1. The summed E-state index contributed by atoms with van der Waals surface area (Å²) in [4.78, 5) is 13.0. The lowest BCUT2D eigenvalue weighted by atomic mass is 10.1. The first-order valence-corrected chi connectivity index (χ1v) is 11.8. The molecule has 6 heteroatoms. The standard InChI is InChI=1S/C25H28N2O3S/c1-4-21-13-15-22(16-14-21)20(3)26-25(28)18-27(23-10-8-9-19(2)17-23)31(29,30)24-11-6-5-7-12-24/h5-17,20H,4,18H2,1-3H3,(H,26,28). The normalized spacial score (nSPS) is 12.2. The maximum absolute atomic E-state index is 13.4. The Kier molecular flexibility index (Phi) is 7.13. The van der Waals surface area contributed by atoms with Gasteiger partial charge in [0.25, 0.3) is 10.0 Å². The van der Waals surface area contributed by atoms with Crippen molar-refractivity contribution >= 4 is 21.6 Å². The molecule has 1 amide bonds. The SMILES string of the molecule is CCc1ccc(C(C)NC(=O)CN(c2cccc(C)c2)S(=O)(=O)c2ccccc2)cc1. The summed E-state index contributed by atoms with van der Waals surface area (Å²) in [5, 5.41) is 2.93. The van der Waals surface area contributed by atoms with Crippen LogP contribution in [0.3, 0.4) is 0 Å². The first kappa shape index (κ1) is 22.6. The number of rotatable bonds is 8. The Morgan fingerprint density at radius 3 is 2.26 bits per heavy atom. The van der Waals surface area contributed by atoms with Gasteiger partial charge in [0.2, 0.25) is 5.91 Å². The first-order valence-electron chi connectivity index (χ1n) is 10.3. The molecule has 0 aliphatic heterocycles. The van der Waals surface area contributed by atoms with Crippen molar-refractivity contribution in [2.45, 2.75) is 38.1 Å². The minimum absolute atomic E-state index is 0.146. The molecule has 31 heavy (non-hydrogen) atoms. The molecule has 1 atom stereocenters. The minimum atomic E-state index is -3.90. The van der Waals surface area contributed by atoms with Gasteiger partial charge in [0.1, 0.15) is 6.54 Å². The zero-order valence-corrected chi connectivity index (χ0v) is 18.9. The number of sulfonamides is 1. The van der Waals surface area contributed by atoms with Crippen LogP contribution in [0, 0.1) is 6.92 Å². The fraction of sp³-hybridized carbons (Fsp3) is 0.240. The lowest BCUT2D eigenvalue weighted by molar-refractivity contribution is -0.120. The van der Waals surface area contributed by atoms with E-state index in [-0.39, 0.29) is 23.4 Å². The Morgan fingerprint density at radius 1 is 0.968 bits per heavy atom. The van der Waals surface area contributed by atoms with Crippen molar-refractivity contribution in [3.8, 4) is 0 Å². The zero-order valence-electron chi connectivity index (χ0n) is 18.1. The van der Waals surface area contributed by atoms with Crippen molar-refractivity contribution in [3.05, 3.63) is 95.6 Å². The van der Waals surface area contributed by atoms with Crippen LogP contribution in [0.1, 0.15) is 36.6 Å². The van der Waals surface area contributed by atoms with Crippen molar-refractivity contribution in [1.82, 2.24) is 5.32 Å². The zero-order chi connectivity index (χ0) is 22.4. The van der Waals surface area contributed by atoms with Gasteiger partial charge in [-0.15, -0.1) is 0 Å². The third-order valence-electron chi connectivity index (χ3n) is 5.17. The quantitative estimate of drug-likeness (QED) is 0.560. The molecule has 0 aromatic heterocycles. The number of hydrogen-bond donors (Lipinski definition) is 1. The van der Waals surface area contributed by atoms with E-state index in [1.54, 1.807) is 36.4 Å². The Balaban J connectivity index is 1.85. The van der Waals surface area contributed by atoms with Crippen LogP contribution in [-0.2, 0) is 21.2 Å². The van der Waals surface area contributed by atoms with Crippen LogP contribution in [0.5, 0.6) is 0 Å². The summed E-state index contributed by atoms with van der Waals surface area (Å²) in [6, 6.07) is 23.1. The van der Waals surface area contributed by atoms with Gasteiger partial charge in [-0.3, -0.25) is 9.10 Å². The fourth-order valence-electron chi connectivity index (χ4n) is 3.36. The summed E-state index contributed by atoms with van der Waals surface area (Å²) < 4.78 is 27.9. The topological polar surface area (TPSA) is 66.5 Å². The van der Waals surface area contributed by atoms with Crippen molar-refractivity contribution in [2.75, 3.05) is 10.8 Å².